The molecule has 2 aromatic carbocycles. The number of rotatable bonds is 6. The Hall–Kier alpha value is -1.78. The lowest BCUT2D eigenvalue weighted by molar-refractivity contribution is 0.866. The molecule has 2 N–H and O–H groups in total. The lowest BCUT2D eigenvalue weighted by atomic mass is 10.1. The van der Waals surface area contributed by atoms with Gasteiger partial charge in [0.05, 0.1) is 0 Å². The van der Waals surface area contributed by atoms with Gasteiger partial charge in [-0.15, -0.1) is 0 Å². The zero-order chi connectivity index (χ0) is 17.5. The number of benzene rings is 2. The summed E-state index contributed by atoms with van der Waals surface area (Å²) in [5.41, 5.74) is 4.38. The molecule has 0 unspecified atom stereocenters. The molecular weight excluding hydrogens is 338 g/mol. The van der Waals surface area contributed by atoms with E-state index >= 15 is 0 Å². The van der Waals surface area contributed by atoms with E-state index < -0.39 is 0 Å². The van der Waals surface area contributed by atoms with Gasteiger partial charge in [-0.05, 0) is 74.4 Å². The first-order valence-electron chi connectivity index (χ1n) is 8.18. The molecule has 0 aliphatic rings. The van der Waals surface area contributed by atoms with Crippen LogP contribution in [-0.2, 0) is 6.54 Å². The van der Waals surface area contributed by atoms with Crippen molar-refractivity contribution in [1.29, 1.82) is 0 Å². The van der Waals surface area contributed by atoms with E-state index in [1.54, 1.807) is 0 Å². The maximum atomic E-state index is 6.14. The topological polar surface area (TPSA) is 27.3 Å². The van der Waals surface area contributed by atoms with Crippen LogP contribution >= 0.6 is 23.8 Å². The summed E-state index contributed by atoms with van der Waals surface area (Å²) in [6, 6.07) is 14.3. The third-order valence-corrected chi connectivity index (χ3v) is 4.60. The molecule has 0 spiro atoms. The fourth-order valence-corrected chi connectivity index (χ4v) is 2.84. The van der Waals surface area contributed by atoms with Crippen molar-refractivity contribution in [2.75, 3.05) is 23.3 Å². The normalized spacial score (nSPS) is 10.3. The Morgan fingerprint density at radius 2 is 1.75 bits per heavy atom. The molecule has 24 heavy (non-hydrogen) atoms. The van der Waals surface area contributed by atoms with Crippen molar-refractivity contribution in [3.8, 4) is 0 Å². The first-order chi connectivity index (χ1) is 11.5. The van der Waals surface area contributed by atoms with Crippen molar-refractivity contribution >= 4 is 40.3 Å². The maximum absolute atomic E-state index is 6.14. The Kier molecular flexibility index (Phi) is 6.88. The first kappa shape index (κ1) is 18.6. The highest BCUT2D eigenvalue weighted by Crippen LogP contribution is 2.18. The van der Waals surface area contributed by atoms with Gasteiger partial charge in [-0.3, -0.25) is 0 Å². The second-order valence-corrected chi connectivity index (χ2v) is 6.43. The highest BCUT2D eigenvalue weighted by Gasteiger charge is 2.03. The lowest BCUT2D eigenvalue weighted by Gasteiger charge is -2.21. The van der Waals surface area contributed by atoms with E-state index in [0.717, 1.165) is 34.9 Å². The predicted octanol–water partition coefficient (Wildman–Crippen LogP) is 4.98. The summed E-state index contributed by atoms with van der Waals surface area (Å²) in [5, 5.41) is 7.79. The molecule has 0 heterocycles. The van der Waals surface area contributed by atoms with Crippen LogP contribution in [0.3, 0.4) is 0 Å². The summed E-state index contributed by atoms with van der Waals surface area (Å²) in [6.45, 7) is 8.96. The molecule has 3 nitrogen and oxygen atoms in total. The molecule has 0 aromatic heterocycles. The number of nitrogens with zero attached hydrogens (tertiary/aromatic N) is 1. The van der Waals surface area contributed by atoms with Gasteiger partial charge in [0.25, 0.3) is 0 Å². The van der Waals surface area contributed by atoms with Crippen LogP contribution in [0.25, 0.3) is 0 Å². The zero-order valence-electron chi connectivity index (χ0n) is 14.4. The van der Waals surface area contributed by atoms with Crippen molar-refractivity contribution in [2.24, 2.45) is 0 Å². The standard InChI is InChI=1S/C19H24ClN3S/c1-4-23(5-2)17-10-8-16(9-11-17)22-19(24)21-13-15-7-6-14(3)18(20)12-15/h6-12H,4-5,13H2,1-3H3,(H2,21,22,24). The van der Waals surface area contributed by atoms with Gasteiger partial charge in [0.2, 0.25) is 0 Å². The molecule has 0 saturated heterocycles. The van der Waals surface area contributed by atoms with Crippen molar-refractivity contribution < 1.29 is 0 Å². The number of halogens is 1. The Balaban J connectivity index is 1.88. The Bertz CT molecular complexity index is 682. The van der Waals surface area contributed by atoms with E-state index in [9.17, 15) is 0 Å². The summed E-state index contributed by atoms with van der Waals surface area (Å²) in [7, 11) is 0. The SMILES string of the molecule is CCN(CC)c1ccc(NC(=S)NCc2ccc(C)c(Cl)c2)cc1. The summed E-state index contributed by atoms with van der Waals surface area (Å²) >= 11 is 11.5. The minimum atomic E-state index is 0.599. The number of aryl methyl sites for hydroxylation is 1. The van der Waals surface area contributed by atoms with E-state index in [1.165, 1.54) is 5.69 Å². The predicted molar refractivity (Wildman–Crippen MR) is 109 cm³/mol. The van der Waals surface area contributed by atoms with Crippen LogP contribution in [0.2, 0.25) is 5.02 Å². The van der Waals surface area contributed by atoms with E-state index in [1.807, 2.05) is 31.2 Å². The summed E-state index contributed by atoms with van der Waals surface area (Å²) in [5.74, 6) is 0. The molecule has 0 aliphatic carbocycles. The van der Waals surface area contributed by atoms with Crippen LogP contribution in [0.1, 0.15) is 25.0 Å². The van der Waals surface area contributed by atoms with E-state index in [2.05, 4.69) is 47.6 Å². The molecule has 5 heteroatoms. The zero-order valence-corrected chi connectivity index (χ0v) is 16.0. The first-order valence-corrected chi connectivity index (χ1v) is 8.97. The van der Waals surface area contributed by atoms with Gasteiger partial charge < -0.3 is 15.5 Å². The van der Waals surface area contributed by atoms with Crippen molar-refractivity contribution in [1.82, 2.24) is 5.32 Å². The van der Waals surface area contributed by atoms with Crippen molar-refractivity contribution in [2.45, 2.75) is 27.3 Å². The number of hydrogen-bond acceptors (Lipinski definition) is 2. The van der Waals surface area contributed by atoms with Crippen LogP contribution in [-0.4, -0.2) is 18.2 Å². The minimum Gasteiger partial charge on any atom is -0.372 e. The van der Waals surface area contributed by atoms with Gasteiger partial charge in [-0.1, -0.05) is 23.7 Å². The number of anilines is 2. The molecule has 2 aromatic rings. The fourth-order valence-electron chi connectivity index (χ4n) is 2.45. The van der Waals surface area contributed by atoms with Crippen molar-refractivity contribution in [3.05, 3.63) is 58.6 Å². The number of nitrogens with one attached hydrogen (secondary N) is 2. The molecule has 0 saturated carbocycles. The molecule has 128 valence electrons. The van der Waals surface area contributed by atoms with Crippen LogP contribution in [0.4, 0.5) is 11.4 Å². The monoisotopic (exact) mass is 361 g/mol. The summed E-state index contributed by atoms with van der Waals surface area (Å²) in [4.78, 5) is 2.31. The molecule has 0 atom stereocenters. The fraction of sp³-hybridized carbons (Fsp3) is 0.316. The van der Waals surface area contributed by atoms with Gasteiger partial charge in [0.1, 0.15) is 0 Å². The highest BCUT2D eigenvalue weighted by atomic mass is 35.5. The largest absolute Gasteiger partial charge is 0.372 e. The number of thiocarbonyl (C=S) groups is 1. The van der Waals surface area contributed by atoms with E-state index in [-0.39, 0.29) is 0 Å². The second kappa shape index (κ2) is 8.90. The Morgan fingerprint density at radius 3 is 2.33 bits per heavy atom. The smallest absolute Gasteiger partial charge is 0.171 e. The van der Waals surface area contributed by atoms with Gasteiger partial charge >= 0.3 is 0 Å². The third-order valence-electron chi connectivity index (χ3n) is 3.94. The minimum absolute atomic E-state index is 0.599. The van der Waals surface area contributed by atoms with Crippen LogP contribution in [0, 0.1) is 6.92 Å². The van der Waals surface area contributed by atoms with Gasteiger partial charge in [-0.25, -0.2) is 0 Å². The van der Waals surface area contributed by atoms with Crippen LogP contribution in [0.15, 0.2) is 42.5 Å². The average molecular weight is 362 g/mol. The Morgan fingerprint density at radius 1 is 1.08 bits per heavy atom. The van der Waals surface area contributed by atoms with Crippen molar-refractivity contribution in [3.63, 3.8) is 0 Å². The lowest BCUT2D eigenvalue weighted by Crippen LogP contribution is -2.28. The van der Waals surface area contributed by atoms with Gasteiger partial charge in [0.15, 0.2) is 5.11 Å². The summed E-state index contributed by atoms with van der Waals surface area (Å²) in [6.07, 6.45) is 0. The molecule has 0 fully saturated rings. The molecule has 0 amide bonds. The molecule has 2 rings (SSSR count). The van der Waals surface area contributed by atoms with Crippen LogP contribution < -0.4 is 15.5 Å². The van der Waals surface area contributed by atoms with E-state index in [0.29, 0.717) is 11.7 Å². The molecule has 0 bridgehead atoms. The van der Waals surface area contributed by atoms with Crippen LogP contribution in [0.5, 0.6) is 0 Å². The third kappa shape index (κ3) is 5.11. The average Bonchev–Trinajstić information content (AvgIpc) is 2.58. The maximum Gasteiger partial charge on any atom is 0.171 e. The van der Waals surface area contributed by atoms with E-state index in [4.69, 9.17) is 23.8 Å². The molecular formula is C19H24ClN3S. The van der Waals surface area contributed by atoms with Gasteiger partial charge in [0, 0.05) is 36.0 Å². The number of hydrogen-bond donors (Lipinski definition) is 2. The second-order valence-electron chi connectivity index (χ2n) is 5.61. The molecule has 0 aliphatic heterocycles. The quantitative estimate of drug-likeness (QED) is 0.709. The highest BCUT2D eigenvalue weighted by molar-refractivity contribution is 7.80. The Labute approximate surface area is 155 Å². The summed E-state index contributed by atoms with van der Waals surface area (Å²) < 4.78 is 0. The van der Waals surface area contributed by atoms with Gasteiger partial charge in [-0.2, -0.15) is 0 Å². The molecule has 0 radical (unpaired) electrons.